The summed E-state index contributed by atoms with van der Waals surface area (Å²) in [5, 5.41) is 0. The number of alkyl halides is 3. The molecular formula is C5H10F3LiO. The Balaban J connectivity index is 0. The average molecular weight is 150 g/mol. The van der Waals surface area contributed by atoms with Gasteiger partial charge in [0.1, 0.15) is 0 Å². The molecule has 0 heterocycles. The molecule has 5 heteroatoms. The van der Waals surface area contributed by atoms with Crippen molar-refractivity contribution in [3.05, 3.63) is 0 Å². The van der Waals surface area contributed by atoms with Crippen LogP contribution in [0.25, 0.3) is 0 Å². The first kappa shape index (κ1) is 13.0. The van der Waals surface area contributed by atoms with Gasteiger partial charge in [-0.15, -0.1) is 13.2 Å². The molecular weight excluding hydrogens is 140 g/mol. The van der Waals surface area contributed by atoms with Gasteiger partial charge in [-0.25, -0.2) is 0 Å². The van der Waals surface area contributed by atoms with Gasteiger partial charge in [-0.05, 0) is 6.42 Å². The SMILES string of the molecule is CCCCOC(F)(F)F.[LiH]. The third-order valence-electron chi connectivity index (χ3n) is 0.764. The summed E-state index contributed by atoms with van der Waals surface area (Å²) in [4.78, 5) is 0. The van der Waals surface area contributed by atoms with Crippen LogP contribution in [0.4, 0.5) is 13.2 Å². The van der Waals surface area contributed by atoms with Gasteiger partial charge in [0.2, 0.25) is 0 Å². The zero-order chi connectivity index (χ0) is 7.33. The van der Waals surface area contributed by atoms with Crippen molar-refractivity contribution in [3.8, 4) is 0 Å². The average Bonchev–Trinajstić information content (AvgIpc) is 1.63. The Morgan fingerprint density at radius 2 is 1.80 bits per heavy atom. The van der Waals surface area contributed by atoms with Gasteiger partial charge in [0, 0.05) is 0 Å². The Morgan fingerprint density at radius 3 is 2.10 bits per heavy atom. The van der Waals surface area contributed by atoms with Crippen molar-refractivity contribution in [2.75, 3.05) is 6.61 Å². The summed E-state index contributed by atoms with van der Waals surface area (Å²) < 4.78 is 36.9. The molecule has 0 aliphatic heterocycles. The predicted octanol–water partition coefficient (Wildman–Crippen LogP) is 1.67. The van der Waals surface area contributed by atoms with Crippen molar-refractivity contribution >= 4 is 18.9 Å². The van der Waals surface area contributed by atoms with E-state index in [0.717, 1.165) is 6.42 Å². The van der Waals surface area contributed by atoms with Gasteiger partial charge in [-0.2, -0.15) is 0 Å². The van der Waals surface area contributed by atoms with E-state index in [2.05, 4.69) is 4.74 Å². The molecule has 0 aromatic carbocycles. The molecule has 0 saturated carbocycles. The first-order chi connectivity index (χ1) is 4.06. The summed E-state index contributed by atoms with van der Waals surface area (Å²) in [5.41, 5.74) is 0. The third-order valence-corrected chi connectivity index (χ3v) is 0.764. The van der Waals surface area contributed by atoms with Crippen molar-refractivity contribution in [1.29, 1.82) is 0 Å². The Kier molecular flexibility index (Phi) is 7.89. The minimum absolute atomic E-state index is 0. The Morgan fingerprint density at radius 1 is 1.30 bits per heavy atom. The number of hydrogen-bond donors (Lipinski definition) is 0. The topological polar surface area (TPSA) is 9.23 Å². The molecule has 0 rings (SSSR count). The molecule has 0 fully saturated rings. The van der Waals surface area contributed by atoms with Crippen molar-refractivity contribution in [3.63, 3.8) is 0 Å². The van der Waals surface area contributed by atoms with Gasteiger partial charge in [-0.3, -0.25) is 4.74 Å². The fourth-order valence-electron chi connectivity index (χ4n) is 0.332. The molecule has 0 aromatic rings. The summed E-state index contributed by atoms with van der Waals surface area (Å²) >= 11 is 0. The van der Waals surface area contributed by atoms with Gasteiger partial charge in [0.15, 0.2) is 0 Å². The molecule has 0 amide bonds. The second-order valence-corrected chi connectivity index (χ2v) is 1.65. The molecule has 0 saturated heterocycles. The van der Waals surface area contributed by atoms with E-state index in [1.165, 1.54) is 0 Å². The van der Waals surface area contributed by atoms with E-state index in [1.807, 2.05) is 0 Å². The van der Waals surface area contributed by atoms with E-state index in [0.29, 0.717) is 6.42 Å². The van der Waals surface area contributed by atoms with Crippen LogP contribution in [0.3, 0.4) is 0 Å². The number of halogens is 3. The van der Waals surface area contributed by atoms with Crippen LogP contribution in [-0.2, 0) is 4.74 Å². The van der Waals surface area contributed by atoms with Crippen LogP contribution in [0.5, 0.6) is 0 Å². The quantitative estimate of drug-likeness (QED) is 0.439. The van der Waals surface area contributed by atoms with Crippen molar-refractivity contribution in [2.24, 2.45) is 0 Å². The first-order valence-corrected chi connectivity index (χ1v) is 2.77. The van der Waals surface area contributed by atoms with E-state index >= 15 is 0 Å². The van der Waals surface area contributed by atoms with Crippen LogP contribution in [0, 0.1) is 0 Å². The number of rotatable bonds is 3. The molecule has 0 aliphatic carbocycles. The van der Waals surface area contributed by atoms with Gasteiger partial charge in [0.05, 0.1) is 6.61 Å². The molecule has 0 atom stereocenters. The van der Waals surface area contributed by atoms with Gasteiger partial charge in [0.25, 0.3) is 0 Å². The zero-order valence-corrected chi connectivity index (χ0v) is 5.16. The number of unbranched alkanes of at least 4 members (excludes halogenated alkanes) is 1. The molecule has 0 bridgehead atoms. The Labute approximate surface area is 70.1 Å². The maximum absolute atomic E-state index is 11.2. The van der Waals surface area contributed by atoms with Crippen LogP contribution in [-0.4, -0.2) is 31.8 Å². The number of ether oxygens (including phenoxy) is 1. The standard InChI is InChI=1S/C5H9F3O.Li.H/c1-2-3-4-9-5(6,7)8;;/h2-4H2,1H3;;. The second kappa shape index (κ2) is 6.08. The van der Waals surface area contributed by atoms with Crippen LogP contribution in [0.15, 0.2) is 0 Å². The summed E-state index contributed by atoms with van der Waals surface area (Å²) in [6, 6.07) is 0. The van der Waals surface area contributed by atoms with E-state index < -0.39 is 6.36 Å². The third kappa shape index (κ3) is 11.2. The monoisotopic (exact) mass is 150 g/mol. The Bertz CT molecular complexity index is 73.8. The van der Waals surface area contributed by atoms with E-state index in [4.69, 9.17) is 0 Å². The molecule has 0 N–H and O–H groups in total. The summed E-state index contributed by atoms with van der Waals surface area (Å²) in [6.45, 7) is 1.58. The Hall–Kier alpha value is 0.347. The summed E-state index contributed by atoms with van der Waals surface area (Å²) in [7, 11) is 0. The summed E-state index contributed by atoms with van der Waals surface area (Å²) in [5.74, 6) is 0. The molecule has 0 spiro atoms. The fourth-order valence-corrected chi connectivity index (χ4v) is 0.332. The van der Waals surface area contributed by atoms with E-state index in [9.17, 15) is 13.2 Å². The summed E-state index contributed by atoms with van der Waals surface area (Å²) in [6.07, 6.45) is -3.27. The van der Waals surface area contributed by atoms with E-state index in [1.54, 1.807) is 6.92 Å². The maximum atomic E-state index is 11.2. The van der Waals surface area contributed by atoms with Crippen molar-refractivity contribution in [2.45, 2.75) is 26.1 Å². The zero-order valence-electron chi connectivity index (χ0n) is 5.16. The fraction of sp³-hybridized carbons (Fsp3) is 1.00. The normalized spacial score (nSPS) is 10.8. The van der Waals surface area contributed by atoms with Crippen LogP contribution in [0.2, 0.25) is 0 Å². The van der Waals surface area contributed by atoms with Crippen LogP contribution >= 0.6 is 0 Å². The molecule has 0 aromatic heterocycles. The second-order valence-electron chi connectivity index (χ2n) is 1.65. The first-order valence-electron chi connectivity index (χ1n) is 2.77. The molecule has 58 valence electrons. The van der Waals surface area contributed by atoms with Gasteiger partial charge >= 0.3 is 25.2 Å². The molecule has 10 heavy (non-hydrogen) atoms. The van der Waals surface area contributed by atoms with Crippen molar-refractivity contribution in [1.82, 2.24) is 0 Å². The van der Waals surface area contributed by atoms with Crippen LogP contribution in [0.1, 0.15) is 19.8 Å². The molecule has 0 aliphatic rings. The molecule has 0 radical (unpaired) electrons. The molecule has 0 unspecified atom stereocenters. The van der Waals surface area contributed by atoms with E-state index in [-0.39, 0.29) is 25.5 Å². The van der Waals surface area contributed by atoms with Gasteiger partial charge in [-0.1, -0.05) is 13.3 Å². The predicted molar refractivity (Wildman–Crippen MR) is 34.1 cm³/mol. The number of hydrogen-bond acceptors (Lipinski definition) is 1. The van der Waals surface area contributed by atoms with Crippen LogP contribution < -0.4 is 0 Å². The molecule has 1 nitrogen and oxygen atoms in total. The minimum atomic E-state index is -4.45. The van der Waals surface area contributed by atoms with Crippen molar-refractivity contribution < 1.29 is 17.9 Å². The van der Waals surface area contributed by atoms with Gasteiger partial charge < -0.3 is 0 Å².